The maximum absolute atomic E-state index is 13.9. The van der Waals surface area contributed by atoms with Gasteiger partial charge in [0.25, 0.3) is 0 Å². The molecule has 0 unspecified atom stereocenters. The molecule has 2 aromatic rings. The minimum absolute atomic E-state index is 0.0400. The third-order valence-electron chi connectivity index (χ3n) is 4.51. The lowest BCUT2D eigenvalue weighted by molar-refractivity contribution is -0.132. The molecule has 0 saturated heterocycles. The molecule has 0 fully saturated rings. The number of rotatable bonds is 4. The predicted octanol–water partition coefficient (Wildman–Crippen LogP) is 3.18. The first-order chi connectivity index (χ1) is 12.0. The highest BCUT2D eigenvalue weighted by Crippen LogP contribution is 2.25. The maximum Gasteiger partial charge on any atom is 0.335 e. The molecule has 2 aromatic carbocycles. The molecule has 0 bridgehead atoms. The Hall–Kier alpha value is -2.76. The molecule has 25 heavy (non-hydrogen) atoms. The molecule has 1 N–H and O–H groups in total. The SMILES string of the molecule is O=C(O)c1ccccc1CCC(=O)N1CCc2c(F)ccc(F)c2C1. The number of amides is 1. The van der Waals surface area contributed by atoms with E-state index in [9.17, 15) is 23.5 Å². The van der Waals surface area contributed by atoms with Crippen LogP contribution in [-0.2, 0) is 24.2 Å². The zero-order chi connectivity index (χ0) is 18.0. The summed E-state index contributed by atoms with van der Waals surface area (Å²) in [5, 5.41) is 9.17. The van der Waals surface area contributed by atoms with Crippen LogP contribution >= 0.6 is 0 Å². The molecule has 0 atom stereocenters. The lowest BCUT2D eigenvalue weighted by Gasteiger charge is -2.29. The van der Waals surface area contributed by atoms with Gasteiger partial charge in [0, 0.05) is 25.1 Å². The number of nitrogens with zero attached hydrogens (tertiary/aromatic N) is 1. The second kappa shape index (κ2) is 7.01. The Morgan fingerprint density at radius 1 is 1.04 bits per heavy atom. The molecule has 1 aliphatic heterocycles. The van der Waals surface area contributed by atoms with Crippen LogP contribution in [0.2, 0.25) is 0 Å². The Balaban J connectivity index is 1.69. The van der Waals surface area contributed by atoms with Crippen LogP contribution in [0.25, 0.3) is 0 Å². The lowest BCUT2D eigenvalue weighted by Crippen LogP contribution is -2.37. The number of carbonyl (C=O) groups is 2. The number of fused-ring (bicyclic) bond motifs is 1. The smallest absolute Gasteiger partial charge is 0.335 e. The fourth-order valence-electron chi connectivity index (χ4n) is 3.15. The van der Waals surface area contributed by atoms with E-state index in [-0.39, 0.29) is 42.8 Å². The second-order valence-electron chi connectivity index (χ2n) is 6.01. The first-order valence-corrected chi connectivity index (χ1v) is 8.02. The summed E-state index contributed by atoms with van der Waals surface area (Å²) >= 11 is 0. The van der Waals surface area contributed by atoms with Crippen LogP contribution in [0.5, 0.6) is 0 Å². The number of hydrogen-bond donors (Lipinski definition) is 1. The molecule has 4 nitrogen and oxygen atoms in total. The number of halogens is 2. The summed E-state index contributed by atoms with van der Waals surface area (Å²) in [5.74, 6) is -2.19. The van der Waals surface area contributed by atoms with Crippen molar-refractivity contribution in [2.75, 3.05) is 6.54 Å². The lowest BCUT2D eigenvalue weighted by atomic mass is 9.97. The third-order valence-corrected chi connectivity index (χ3v) is 4.51. The van der Waals surface area contributed by atoms with Crippen molar-refractivity contribution in [1.82, 2.24) is 4.90 Å². The van der Waals surface area contributed by atoms with Crippen molar-refractivity contribution in [1.29, 1.82) is 0 Å². The first-order valence-electron chi connectivity index (χ1n) is 8.02. The Labute approximate surface area is 143 Å². The molecule has 0 spiro atoms. The van der Waals surface area contributed by atoms with Gasteiger partial charge in [0.2, 0.25) is 5.91 Å². The molecule has 3 rings (SSSR count). The Morgan fingerprint density at radius 3 is 2.44 bits per heavy atom. The summed E-state index contributed by atoms with van der Waals surface area (Å²) < 4.78 is 27.7. The fraction of sp³-hybridized carbons (Fsp3) is 0.263. The van der Waals surface area contributed by atoms with Crippen molar-refractivity contribution in [3.63, 3.8) is 0 Å². The number of carboxylic acid groups (broad SMARTS) is 1. The average Bonchev–Trinajstić information content (AvgIpc) is 2.62. The Bertz CT molecular complexity index is 835. The van der Waals surface area contributed by atoms with Gasteiger partial charge in [0.05, 0.1) is 5.56 Å². The van der Waals surface area contributed by atoms with Gasteiger partial charge >= 0.3 is 5.97 Å². The van der Waals surface area contributed by atoms with E-state index in [2.05, 4.69) is 0 Å². The molecule has 130 valence electrons. The predicted molar refractivity (Wildman–Crippen MR) is 87.2 cm³/mol. The van der Waals surface area contributed by atoms with Crippen molar-refractivity contribution in [2.45, 2.75) is 25.8 Å². The molecule has 1 heterocycles. The molecular weight excluding hydrogens is 328 g/mol. The summed E-state index contributed by atoms with van der Waals surface area (Å²) in [4.78, 5) is 25.1. The van der Waals surface area contributed by atoms with E-state index in [1.807, 2.05) is 0 Å². The first kappa shape index (κ1) is 17.1. The third kappa shape index (κ3) is 3.52. The van der Waals surface area contributed by atoms with E-state index in [0.29, 0.717) is 17.7 Å². The zero-order valence-corrected chi connectivity index (χ0v) is 13.5. The van der Waals surface area contributed by atoms with Gasteiger partial charge < -0.3 is 10.0 Å². The molecule has 0 aromatic heterocycles. The number of carbonyl (C=O) groups excluding carboxylic acids is 1. The highest BCUT2D eigenvalue weighted by molar-refractivity contribution is 5.89. The van der Waals surface area contributed by atoms with Crippen LogP contribution in [-0.4, -0.2) is 28.4 Å². The molecule has 1 amide bonds. The summed E-state index contributed by atoms with van der Waals surface area (Å²) in [6, 6.07) is 8.71. The largest absolute Gasteiger partial charge is 0.478 e. The molecular formula is C19H17F2NO3. The number of benzene rings is 2. The van der Waals surface area contributed by atoms with Crippen molar-refractivity contribution in [3.8, 4) is 0 Å². The van der Waals surface area contributed by atoms with Gasteiger partial charge in [-0.25, -0.2) is 13.6 Å². The quantitative estimate of drug-likeness (QED) is 0.926. The summed E-state index contributed by atoms with van der Waals surface area (Å²) in [7, 11) is 0. The van der Waals surface area contributed by atoms with Gasteiger partial charge in [-0.05, 0) is 42.2 Å². The van der Waals surface area contributed by atoms with Crippen LogP contribution in [0.4, 0.5) is 8.78 Å². The van der Waals surface area contributed by atoms with Crippen molar-refractivity contribution < 1.29 is 23.5 Å². The van der Waals surface area contributed by atoms with Crippen LogP contribution in [0.1, 0.15) is 33.5 Å². The molecule has 0 saturated carbocycles. The van der Waals surface area contributed by atoms with Gasteiger partial charge in [0.15, 0.2) is 0 Å². The number of aromatic carboxylic acids is 1. The van der Waals surface area contributed by atoms with Gasteiger partial charge in [-0.3, -0.25) is 4.79 Å². The summed E-state index contributed by atoms with van der Waals surface area (Å²) in [6.45, 7) is 0.366. The van der Waals surface area contributed by atoms with Gasteiger partial charge in [-0.2, -0.15) is 0 Å². The number of carboxylic acids is 1. The van der Waals surface area contributed by atoms with Crippen LogP contribution in [0.3, 0.4) is 0 Å². The van der Waals surface area contributed by atoms with Crippen LogP contribution in [0, 0.1) is 11.6 Å². The van der Waals surface area contributed by atoms with E-state index in [1.54, 1.807) is 18.2 Å². The van der Waals surface area contributed by atoms with Gasteiger partial charge in [-0.1, -0.05) is 18.2 Å². The highest BCUT2D eigenvalue weighted by atomic mass is 19.1. The normalized spacial score (nSPS) is 13.4. The molecule has 0 radical (unpaired) electrons. The van der Waals surface area contributed by atoms with E-state index >= 15 is 0 Å². The van der Waals surface area contributed by atoms with Gasteiger partial charge in [-0.15, -0.1) is 0 Å². The molecule has 0 aliphatic carbocycles. The topological polar surface area (TPSA) is 57.6 Å². The minimum atomic E-state index is -1.03. The minimum Gasteiger partial charge on any atom is -0.478 e. The van der Waals surface area contributed by atoms with Crippen LogP contribution in [0.15, 0.2) is 36.4 Å². The second-order valence-corrected chi connectivity index (χ2v) is 6.01. The summed E-state index contributed by atoms with van der Waals surface area (Å²) in [6.07, 6.45) is 0.684. The van der Waals surface area contributed by atoms with Gasteiger partial charge in [0.1, 0.15) is 11.6 Å². The average molecular weight is 345 g/mol. The van der Waals surface area contributed by atoms with Crippen molar-refractivity contribution in [3.05, 3.63) is 70.3 Å². The zero-order valence-electron chi connectivity index (χ0n) is 13.5. The number of aryl methyl sites for hydroxylation is 1. The maximum atomic E-state index is 13.9. The summed E-state index contributed by atoms with van der Waals surface area (Å²) in [5.41, 5.74) is 1.32. The van der Waals surface area contributed by atoms with Crippen LogP contribution < -0.4 is 0 Å². The number of hydrogen-bond acceptors (Lipinski definition) is 2. The van der Waals surface area contributed by atoms with E-state index in [4.69, 9.17) is 0 Å². The van der Waals surface area contributed by atoms with E-state index < -0.39 is 17.6 Å². The molecule has 1 aliphatic rings. The monoisotopic (exact) mass is 345 g/mol. The van der Waals surface area contributed by atoms with E-state index in [0.717, 1.165) is 12.1 Å². The molecule has 6 heteroatoms. The Kier molecular flexibility index (Phi) is 4.79. The van der Waals surface area contributed by atoms with E-state index in [1.165, 1.54) is 11.0 Å². The standard InChI is InChI=1S/C19H17F2NO3/c20-16-6-7-17(21)15-11-22(10-9-14(15)16)18(23)8-5-12-3-1-2-4-13(12)19(24)25/h1-4,6-7H,5,8-11H2,(H,24,25). The fourth-order valence-corrected chi connectivity index (χ4v) is 3.15. The van der Waals surface area contributed by atoms with Crippen molar-refractivity contribution >= 4 is 11.9 Å². The highest BCUT2D eigenvalue weighted by Gasteiger charge is 2.25. The Morgan fingerprint density at radius 2 is 1.72 bits per heavy atom. The van der Waals surface area contributed by atoms with Crippen molar-refractivity contribution in [2.24, 2.45) is 0 Å².